The number of anilines is 1. The number of nitrogens with zero attached hydrogens (tertiary/aromatic N) is 4. The number of primary amides is 1. The molecule has 164 valence electrons. The maximum atomic E-state index is 13.7. The molecule has 2 amide bonds. The molecular weight excluding hydrogens is 402 g/mol. The first-order valence-corrected chi connectivity index (χ1v) is 11.1. The van der Waals surface area contributed by atoms with Crippen LogP contribution in [-0.2, 0) is 11.3 Å². The van der Waals surface area contributed by atoms with Crippen LogP contribution in [0.3, 0.4) is 0 Å². The second-order valence-electron chi connectivity index (χ2n) is 8.50. The Balaban J connectivity index is 1.31. The van der Waals surface area contributed by atoms with Crippen molar-refractivity contribution in [2.24, 2.45) is 11.7 Å². The van der Waals surface area contributed by atoms with Crippen molar-refractivity contribution in [3.05, 3.63) is 83.8 Å². The molecule has 7 nitrogen and oxygen atoms in total. The number of rotatable bonds is 4. The highest BCUT2D eigenvalue weighted by Crippen LogP contribution is 2.35. The van der Waals surface area contributed by atoms with E-state index >= 15 is 0 Å². The second-order valence-corrected chi connectivity index (χ2v) is 8.50. The van der Waals surface area contributed by atoms with Crippen molar-refractivity contribution >= 4 is 17.6 Å². The standard InChI is InChI=1S/C25H27N5O2/c26-24(31)20-8-9-22(27-17-20)29-13-10-19(11-14-29)25(32)30-16-15-28-12-4-7-21(28)23(30)18-5-2-1-3-6-18/h1-9,12,17,19,23H,10-11,13-16H2,(H2,26,31)/t23-/m1/s1. The summed E-state index contributed by atoms with van der Waals surface area (Å²) in [6.07, 6.45) is 5.19. The Hall–Kier alpha value is -3.61. The Bertz CT molecular complexity index is 1100. The first kappa shape index (κ1) is 20.3. The summed E-state index contributed by atoms with van der Waals surface area (Å²) in [7, 11) is 0. The quantitative estimate of drug-likeness (QED) is 0.691. The lowest BCUT2D eigenvalue weighted by Crippen LogP contribution is -2.47. The summed E-state index contributed by atoms with van der Waals surface area (Å²) in [6, 6.07) is 18.0. The summed E-state index contributed by atoms with van der Waals surface area (Å²) in [5.41, 5.74) is 8.03. The van der Waals surface area contributed by atoms with Crippen molar-refractivity contribution in [1.29, 1.82) is 0 Å². The average Bonchev–Trinajstić information content (AvgIpc) is 3.33. The molecule has 2 aliphatic rings. The van der Waals surface area contributed by atoms with Gasteiger partial charge in [-0.15, -0.1) is 0 Å². The Labute approximate surface area is 187 Å². The minimum atomic E-state index is -0.478. The number of nitrogens with two attached hydrogens (primary N) is 1. The van der Waals surface area contributed by atoms with Crippen molar-refractivity contribution in [1.82, 2.24) is 14.5 Å². The summed E-state index contributed by atoms with van der Waals surface area (Å²) in [4.78, 5) is 33.6. The molecule has 4 heterocycles. The van der Waals surface area contributed by atoms with Gasteiger partial charge in [0, 0.05) is 50.2 Å². The molecule has 1 fully saturated rings. The number of carbonyl (C=O) groups is 2. The van der Waals surface area contributed by atoms with Gasteiger partial charge in [0.15, 0.2) is 0 Å². The van der Waals surface area contributed by atoms with Crippen LogP contribution in [0, 0.1) is 5.92 Å². The lowest BCUT2D eigenvalue weighted by molar-refractivity contribution is -0.139. The number of piperidine rings is 1. The topological polar surface area (TPSA) is 84.5 Å². The molecule has 2 aliphatic heterocycles. The van der Waals surface area contributed by atoms with Gasteiger partial charge in [-0.1, -0.05) is 30.3 Å². The van der Waals surface area contributed by atoms with Gasteiger partial charge in [-0.05, 0) is 42.7 Å². The van der Waals surface area contributed by atoms with E-state index in [-0.39, 0.29) is 17.9 Å². The Kier molecular flexibility index (Phi) is 5.39. The summed E-state index contributed by atoms with van der Waals surface area (Å²) >= 11 is 0. The molecule has 0 saturated carbocycles. The van der Waals surface area contributed by atoms with Crippen LogP contribution in [0.4, 0.5) is 5.82 Å². The third-order valence-corrected chi connectivity index (χ3v) is 6.64. The van der Waals surface area contributed by atoms with Crippen LogP contribution in [0.15, 0.2) is 67.0 Å². The fourth-order valence-electron chi connectivity index (χ4n) is 4.92. The van der Waals surface area contributed by atoms with Crippen molar-refractivity contribution in [2.75, 3.05) is 24.5 Å². The highest BCUT2D eigenvalue weighted by atomic mass is 16.2. The van der Waals surface area contributed by atoms with Crippen molar-refractivity contribution in [2.45, 2.75) is 25.4 Å². The first-order valence-electron chi connectivity index (χ1n) is 11.1. The first-order chi connectivity index (χ1) is 15.6. The largest absolute Gasteiger partial charge is 0.366 e. The Morgan fingerprint density at radius 3 is 2.38 bits per heavy atom. The van der Waals surface area contributed by atoms with E-state index < -0.39 is 5.91 Å². The summed E-state index contributed by atoms with van der Waals surface area (Å²) in [5.74, 6) is 0.583. The van der Waals surface area contributed by atoms with Crippen molar-refractivity contribution in [3.8, 4) is 0 Å². The van der Waals surface area contributed by atoms with Gasteiger partial charge in [0.2, 0.25) is 11.8 Å². The van der Waals surface area contributed by atoms with Crippen LogP contribution in [0.25, 0.3) is 0 Å². The fourth-order valence-corrected chi connectivity index (χ4v) is 4.92. The molecule has 2 aromatic heterocycles. The predicted molar refractivity (Wildman–Crippen MR) is 122 cm³/mol. The second kappa shape index (κ2) is 8.49. The zero-order valence-corrected chi connectivity index (χ0v) is 17.9. The number of aromatic nitrogens is 2. The van der Waals surface area contributed by atoms with E-state index in [1.807, 2.05) is 24.3 Å². The fraction of sp³-hybridized carbons (Fsp3) is 0.320. The minimum Gasteiger partial charge on any atom is -0.366 e. The van der Waals surface area contributed by atoms with Gasteiger partial charge in [0.25, 0.3) is 0 Å². The molecule has 0 bridgehead atoms. The molecule has 0 radical (unpaired) electrons. The van der Waals surface area contributed by atoms with Crippen LogP contribution >= 0.6 is 0 Å². The summed E-state index contributed by atoms with van der Waals surface area (Å²) < 4.78 is 2.26. The van der Waals surface area contributed by atoms with Crippen molar-refractivity contribution in [3.63, 3.8) is 0 Å². The van der Waals surface area contributed by atoms with Gasteiger partial charge < -0.3 is 20.1 Å². The molecule has 1 aromatic carbocycles. The number of benzene rings is 1. The van der Waals surface area contributed by atoms with E-state index in [9.17, 15) is 9.59 Å². The Morgan fingerprint density at radius 1 is 0.906 bits per heavy atom. The minimum absolute atomic E-state index is 0.00358. The lowest BCUT2D eigenvalue weighted by atomic mass is 9.92. The summed E-state index contributed by atoms with van der Waals surface area (Å²) in [5, 5.41) is 0. The maximum Gasteiger partial charge on any atom is 0.250 e. The zero-order valence-electron chi connectivity index (χ0n) is 17.9. The average molecular weight is 430 g/mol. The number of hydrogen-bond donors (Lipinski definition) is 1. The van der Waals surface area contributed by atoms with Crippen LogP contribution < -0.4 is 10.6 Å². The van der Waals surface area contributed by atoms with Crippen molar-refractivity contribution < 1.29 is 9.59 Å². The lowest BCUT2D eigenvalue weighted by Gasteiger charge is -2.41. The van der Waals surface area contributed by atoms with Gasteiger partial charge in [-0.3, -0.25) is 9.59 Å². The molecule has 0 unspecified atom stereocenters. The number of amides is 2. The molecule has 5 rings (SSSR count). The number of hydrogen-bond acceptors (Lipinski definition) is 4. The molecular formula is C25H27N5O2. The van der Waals surface area contributed by atoms with E-state index in [1.54, 1.807) is 6.07 Å². The molecule has 1 atom stereocenters. The van der Waals surface area contributed by atoms with Gasteiger partial charge in [0.05, 0.1) is 11.6 Å². The van der Waals surface area contributed by atoms with E-state index in [2.05, 4.69) is 49.8 Å². The maximum absolute atomic E-state index is 13.7. The molecule has 0 aliphatic carbocycles. The number of carbonyl (C=O) groups excluding carboxylic acids is 2. The third kappa shape index (κ3) is 3.75. The van der Waals surface area contributed by atoms with E-state index in [4.69, 9.17) is 5.73 Å². The SMILES string of the molecule is NC(=O)c1ccc(N2CCC(C(=O)N3CCn4cccc4[C@H]3c3ccccc3)CC2)nc1. The van der Waals surface area contributed by atoms with Gasteiger partial charge in [-0.25, -0.2) is 4.98 Å². The van der Waals surface area contributed by atoms with Crippen LogP contribution in [0.5, 0.6) is 0 Å². The van der Waals surface area contributed by atoms with Crippen LogP contribution in [0.1, 0.15) is 40.5 Å². The van der Waals surface area contributed by atoms with Crippen LogP contribution in [0.2, 0.25) is 0 Å². The predicted octanol–water partition coefficient (Wildman–Crippen LogP) is 2.83. The highest BCUT2D eigenvalue weighted by Gasteiger charge is 2.36. The number of fused-ring (bicyclic) bond motifs is 1. The molecule has 0 spiro atoms. The molecule has 1 saturated heterocycles. The molecule has 2 N–H and O–H groups in total. The van der Waals surface area contributed by atoms with Gasteiger partial charge in [0.1, 0.15) is 5.82 Å². The smallest absolute Gasteiger partial charge is 0.250 e. The van der Waals surface area contributed by atoms with E-state index in [1.165, 1.54) is 11.9 Å². The number of pyridine rings is 1. The highest BCUT2D eigenvalue weighted by molar-refractivity contribution is 5.92. The molecule has 7 heteroatoms. The third-order valence-electron chi connectivity index (χ3n) is 6.64. The van der Waals surface area contributed by atoms with E-state index in [0.717, 1.165) is 50.4 Å². The Morgan fingerprint density at radius 2 is 1.69 bits per heavy atom. The zero-order chi connectivity index (χ0) is 22.1. The van der Waals surface area contributed by atoms with Gasteiger partial charge >= 0.3 is 0 Å². The van der Waals surface area contributed by atoms with E-state index in [0.29, 0.717) is 5.56 Å². The summed E-state index contributed by atoms with van der Waals surface area (Å²) in [6.45, 7) is 3.07. The van der Waals surface area contributed by atoms with Gasteiger partial charge in [-0.2, -0.15) is 0 Å². The molecule has 32 heavy (non-hydrogen) atoms. The van der Waals surface area contributed by atoms with Crippen LogP contribution in [-0.4, -0.2) is 45.9 Å². The normalized spacial score (nSPS) is 18.9. The molecule has 3 aromatic rings. The monoisotopic (exact) mass is 429 g/mol.